The van der Waals surface area contributed by atoms with Gasteiger partial charge in [-0.15, -0.1) is 0 Å². The van der Waals surface area contributed by atoms with Crippen LogP contribution in [0.25, 0.3) is 0 Å². The number of rotatable bonds is 7. The lowest BCUT2D eigenvalue weighted by molar-refractivity contribution is -0.130. The molecule has 0 fully saturated rings. The molecule has 0 spiro atoms. The van der Waals surface area contributed by atoms with Crippen LogP contribution in [-0.2, 0) is 21.0 Å². The van der Waals surface area contributed by atoms with Gasteiger partial charge in [-0.2, -0.15) is 0 Å². The van der Waals surface area contributed by atoms with Crippen molar-refractivity contribution in [1.29, 1.82) is 0 Å². The molecule has 138 valence electrons. The highest BCUT2D eigenvalue weighted by molar-refractivity contribution is 6.42. The summed E-state index contributed by atoms with van der Waals surface area (Å²) < 4.78 is 5.32. The molecule has 0 radical (unpaired) electrons. The van der Waals surface area contributed by atoms with Gasteiger partial charge in [0.25, 0.3) is 5.91 Å². The summed E-state index contributed by atoms with van der Waals surface area (Å²) >= 11 is 11.9. The highest BCUT2D eigenvalue weighted by atomic mass is 35.5. The Labute approximate surface area is 162 Å². The zero-order valence-electron chi connectivity index (χ0n) is 14.8. The summed E-state index contributed by atoms with van der Waals surface area (Å²) in [6, 6.07) is 12.7. The Hall–Kier alpha value is -2.08. The Morgan fingerprint density at radius 2 is 1.92 bits per heavy atom. The van der Waals surface area contributed by atoms with Crippen LogP contribution < -0.4 is 5.32 Å². The second kappa shape index (κ2) is 9.57. The van der Waals surface area contributed by atoms with Crippen LogP contribution in [-0.4, -0.2) is 25.8 Å². The van der Waals surface area contributed by atoms with Gasteiger partial charge in [0, 0.05) is 19.7 Å². The van der Waals surface area contributed by atoms with Gasteiger partial charge in [-0.1, -0.05) is 58.7 Å². The topological polar surface area (TPSA) is 59.9 Å². The molecule has 26 heavy (non-hydrogen) atoms. The fourth-order valence-electron chi connectivity index (χ4n) is 2.40. The first-order valence-corrected chi connectivity index (χ1v) is 8.67. The Morgan fingerprint density at radius 1 is 1.19 bits per heavy atom. The number of methoxy groups -OCH3 is 1. The standard InChI is InChI=1S/C19H20Cl2N2O3/c1-12(13-8-9-16(20)17(21)10-13)23-26-11-14-6-4-5-7-15(14)18(25-3)19(24)22-2/h4-10,18H,11H2,1-3H3,(H,22,24)/b23-12+. The van der Waals surface area contributed by atoms with Crippen molar-refractivity contribution in [2.24, 2.45) is 5.16 Å². The average Bonchev–Trinajstić information content (AvgIpc) is 2.65. The molecule has 2 rings (SSSR count). The minimum absolute atomic E-state index is 0.200. The summed E-state index contributed by atoms with van der Waals surface area (Å²) in [5.41, 5.74) is 3.02. The largest absolute Gasteiger partial charge is 0.391 e. The van der Waals surface area contributed by atoms with Crippen LogP contribution in [0.1, 0.15) is 29.7 Å². The minimum Gasteiger partial charge on any atom is -0.391 e. The quantitative estimate of drug-likeness (QED) is 0.560. The van der Waals surface area contributed by atoms with Crippen molar-refractivity contribution in [3.8, 4) is 0 Å². The first kappa shape index (κ1) is 20.2. The first-order chi connectivity index (χ1) is 12.5. The fraction of sp³-hybridized carbons (Fsp3) is 0.263. The molecule has 1 amide bonds. The monoisotopic (exact) mass is 394 g/mol. The molecular weight excluding hydrogens is 375 g/mol. The number of ether oxygens (including phenoxy) is 1. The smallest absolute Gasteiger partial charge is 0.253 e. The Morgan fingerprint density at radius 3 is 2.58 bits per heavy atom. The number of amides is 1. The maximum Gasteiger partial charge on any atom is 0.253 e. The zero-order valence-corrected chi connectivity index (χ0v) is 16.3. The summed E-state index contributed by atoms with van der Waals surface area (Å²) in [4.78, 5) is 17.5. The summed E-state index contributed by atoms with van der Waals surface area (Å²) in [5, 5.41) is 7.66. The lowest BCUT2D eigenvalue weighted by Crippen LogP contribution is -2.27. The van der Waals surface area contributed by atoms with Gasteiger partial charge < -0.3 is 14.9 Å². The zero-order chi connectivity index (χ0) is 19.1. The van der Waals surface area contributed by atoms with Gasteiger partial charge in [0.15, 0.2) is 6.10 Å². The van der Waals surface area contributed by atoms with Crippen LogP contribution in [0.5, 0.6) is 0 Å². The van der Waals surface area contributed by atoms with Crippen molar-refractivity contribution < 1.29 is 14.4 Å². The van der Waals surface area contributed by atoms with Crippen molar-refractivity contribution >= 4 is 34.8 Å². The Kier molecular flexibility index (Phi) is 7.45. The van der Waals surface area contributed by atoms with Gasteiger partial charge in [-0.3, -0.25) is 4.79 Å². The van der Waals surface area contributed by atoms with E-state index in [1.807, 2.05) is 37.3 Å². The van der Waals surface area contributed by atoms with Gasteiger partial charge in [0.2, 0.25) is 0 Å². The van der Waals surface area contributed by atoms with Crippen molar-refractivity contribution in [2.45, 2.75) is 19.6 Å². The Balaban J connectivity index is 2.14. The van der Waals surface area contributed by atoms with Crippen LogP contribution in [0.3, 0.4) is 0 Å². The van der Waals surface area contributed by atoms with Crippen LogP contribution >= 0.6 is 23.2 Å². The summed E-state index contributed by atoms with van der Waals surface area (Å²) in [7, 11) is 3.06. The Bertz CT molecular complexity index is 809. The number of nitrogens with one attached hydrogen (secondary N) is 1. The average molecular weight is 395 g/mol. The highest BCUT2D eigenvalue weighted by Gasteiger charge is 2.21. The fourth-order valence-corrected chi connectivity index (χ4v) is 2.70. The van der Waals surface area contributed by atoms with E-state index < -0.39 is 6.10 Å². The van der Waals surface area contributed by atoms with Crippen molar-refractivity contribution in [2.75, 3.05) is 14.2 Å². The lowest BCUT2D eigenvalue weighted by Gasteiger charge is -2.17. The predicted molar refractivity (Wildman–Crippen MR) is 104 cm³/mol. The molecule has 1 N–H and O–H groups in total. The number of oxime groups is 1. The number of carbonyl (C=O) groups is 1. The molecule has 2 aromatic carbocycles. The van der Waals surface area contributed by atoms with Crippen molar-refractivity contribution in [3.63, 3.8) is 0 Å². The van der Waals surface area contributed by atoms with Gasteiger partial charge in [-0.25, -0.2) is 0 Å². The van der Waals surface area contributed by atoms with E-state index in [1.165, 1.54) is 7.11 Å². The van der Waals surface area contributed by atoms with Gasteiger partial charge in [-0.05, 0) is 30.2 Å². The van der Waals surface area contributed by atoms with E-state index in [0.29, 0.717) is 15.8 Å². The molecule has 0 saturated carbocycles. The molecular formula is C19H20Cl2N2O3. The SMILES string of the molecule is CNC(=O)C(OC)c1ccccc1CO/N=C(\C)c1ccc(Cl)c(Cl)c1. The van der Waals surface area contributed by atoms with Crippen LogP contribution in [0.2, 0.25) is 10.0 Å². The van der Waals surface area contributed by atoms with Gasteiger partial charge in [0.05, 0.1) is 15.8 Å². The van der Waals surface area contributed by atoms with E-state index in [0.717, 1.165) is 16.7 Å². The number of hydrogen-bond acceptors (Lipinski definition) is 4. The van der Waals surface area contributed by atoms with Crippen LogP contribution in [0.4, 0.5) is 0 Å². The van der Waals surface area contributed by atoms with Crippen LogP contribution in [0, 0.1) is 0 Å². The van der Waals surface area contributed by atoms with E-state index in [2.05, 4.69) is 10.5 Å². The van der Waals surface area contributed by atoms with Crippen LogP contribution in [0.15, 0.2) is 47.6 Å². The number of halogens is 2. The van der Waals surface area contributed by atoms with E-state index >= 15 is 0 Å². The summed E-state index contributed by atoms with van der Waals surface area (Å²) in [6.07, 6.45) is -0.708. The highest BCUT2D eigenvalue weighted by Crippen LogP contribution is 2.24. The van der Waals surface area contributed by atoms with Gasteiger partial charge >= 0.3 is 0 Å². The summed E-state index contributed by atoms with van der Waals surface area (Å²) in [6.45, 7) is 2.01. The van der Waals surface area contributed by atoms with E-state index in [4.69, 9.17) is 32.8 Å². The van der Waals surface area contributed by atoms with E-state index in [1.54, 1.807) is 19.2 Å². The number of likely N-dealkylation sites (N-methyl/N-ethyl adjacent to an activating group) is 1. The maximum atomic E-state index is 12.0. The molecule has 0 aliphatic carbocycles. The normalized spacial score (nSPS) is 12.6. The second-order valence-electron chi connectivity index (χ2n) is 5.51. The van der Waals surface area contributed by atoms with Crippen molar-refractivity contribution in [3.05, 3.63) is 69.2 Å². The summed E-state index contributed by atoms with van der Waals surface area (Å²) in [5.74, 6) is -0.226. The third-order valence-corrected chi connectivity index (χ3v) is 4.56. The molecule has 0 aliphatic rings. The molecule has 0 heterocycles. The molecule has 0 aromatic heterocycles. The van der Waals surface area contributed by atoms with E-state index in [-0.39, 0.29) is 12.5 Å². The molecule has 7 heteroatoms. The lowest BCUT2D eigenvalue weighted by atomic mass is 10.0. The molecule has 1 unspecified atom stereocenters. The van der Waals surface area contributed by atoms with Gasteiger partial charge in [0.1, 0.15) is 6.61 Å². The second-order valence-corrected chi connectivity index (χ2v) is 6.32. The third-order valence-electron chi connectivity index (χ3n) is 3.82. The molecule has 1 atom stereocenters. The predicted octanol–water partition coefficient (Wildman–Crippen LogP) is 4.37. The number of nitrogens with zero attached hydrogens (tertiary/aromatic N) is 1. The minimum atomic E-state index is -0.708. The van der Waals surface area contributed by atoms with Crippen molar-refractivity contribution in [1.82, 2.24) is 5.32 Å². The molecule has 0 aliphatic heterocycles. The maximum absolute atomic E-state index is 12.0. The third kappa shape index (κ3) is 4.97. The molecule has 0 saturated heterocycles. The molecule has 5 nitrogen and oxygen atoms in total. The number of carbonyl (C=O) groups excluding carboxylic acids is 1. The molecule has 2 aromatic rings. The first-order valence-electron chi connectivity index (χ1n) is 7.92. The number of benzene rings is 2. The molecule has 0 bridgehead atoms. The van der Waals surface area contributed by atoms with E-state index in [9.17, 15) is 4.79 Å². The number of hydrogen-bond donors (Lipinski definition) is 1.